The second-order valence-electron chi connectivity index (χ2n) is 6.34. The van der Waals surface area contributed by atoms with Gasteiger partial charge in [-0.1, -0.05) is 42.5 Å². The summed E-state index contributed by atoms with van der Waals surface area (Å²) in [4.78, 5) is 19.8. The van der Waals surface area contributed by atoms with Crippen LogP contribution in [-0.2, 0) is 16.0 Å². The minimum atomic E-state index is -0.171. The first-order valence-corrected chi connectivity index (χ1v) is 8.79. The van der Waals surface area contributed by atoms with Crippen molar-refractivity contribution in [2.24, 2.45) is 0 Å². The van der Waals surface area contributed by atoms with Gasteiger partial charge in [-0.3, -0.25) is 4.79 Å². The number of ether oxygens (including phenoxy) is 1. The van der Waals surface area contributed by atoms with Crippen LogP contribution in [0.3, 0.4) is 0 Å². The molecular formula is C22H20N2O2. The van der Waals surface area contributed by atoms with Gasteiger partial charge in [0.05, 0.1) is 24.0 Å². The average Bonchev–Trinajstić information content (AvgIpc) is 3.06. The van der Waals surface area contributed by atoms with E-state index in [1.807, 2.05) is 30.3 Å². The molecule has 0 unspecified atom stereocenters. The minimum Gasteiger partial charge on any atom is -0.469 e. The van der Waals surface area contributed by atoms with Crippen molar-refractivity contribution in [1.82, 2.24) is 9.97 Å². The number of fused-ring (bicyclic) bond motifs is 2. The van der Waals surface area contributed by atoms with Crippen molar-refractivity contribution in [3.63, 3.8) is 0 Å². The molecule has 1 N–H and O–H groups in total. The molecule has 0 saturated carbocycles. The molecule has 0 bridgehead atoms. The number of aryl methyl sites for hydroxylation is 1. The zero-order valence-corrected chi connectivity index (χ0v) is 14.7. The first kappa shape index (κ1) is 16.3. The van der Waals surface area contributed by atoms with Crippen LogP contribution in [0.4, 0.5) is 0 Å². The smallest absolute Gasteiger partial charge is 0.305 e. The van der Waals surface area contributed by atoms with E-state index in [1.165, 1.54) is 18.1 Å². The van der Waals surface area contributed by atoms with E-state index in [-0.39, 0.29) is 5.97 Å². The van der Waals surface area contributed by atoms with Gasteiger partial charge >= 0.3 is 5.97 Å². The summed E-state index contributed by atoms with van der Waals surface area (Å²) in [6.45, 7) is 0. The van der Waals surface area contributed by atoms with Crippen molar-refractivity contribution in [2.45, 2.75) is 19.3 Å². The van der Waals surface area contributed by atoms with Crippen molar-refractivity contribution >= 4 is 27.8 Å². The number of hydrogen-bond donors (Lipinski definition) is 1. The number of aromatic nitrogens is 2. The van der Waals surface area contributed by atoms with Crippen LogP contribution in [0, 0.1) is 0 Å². The fourth-order valence-electron chi connectivity index (χ4n) is 3.40. The standard InChI is InChI=1S/C22H20N2O2/c1-26-21(25)12-6-9-17-16-8-3-5-11-19(16)24-22(17)20-14-13-15-7-2-4-10-18(15)23-20/h2-5,7-8,10-11,13-14,24H,6,9,12H2,1H3. The molecular weight excluding hydrogens is 324 g/mol. The molecule has 26 heavy (non-hydrogen) atoms. The van der Waals surface area contributed by atoms with E-state index in [9.17, 15) is 4.79 Å². The lowest BCUT2D eigenvalue weighted by Gasteiger charge is -2.06. The fourth-order valence-corrected chi connectivity index (χ4v) is 3.40. The third kappa shape index (κ3) is 3.06. The molecule has 0 aliphatic carbocycles. The van der Waals surface area contributed by atoms with Crippen LogP contribution in [0.5, 0.6) is 0 Å². The highest BCUT2D eigenvalue weighted by atomic mass is 16.5. The number of rotatable bonds is 5. The van der Waals surface area contributed by atoms with Crippen LogP contribution >= 0.6 is 0 Å². The molecule has 2 aromatic heterocycles. The predicted molar refractivity (Wildman–Crippen MR) is 104 cm³/mol. The molecule has 0 atom stereocenters. The van der Waals surface area contributed by atoms with E-state index >= 15 is 0 Å². The first-order chi connectivity index (χ1) is 12.8. The number of benzene rings is 2. The number of aromatic amines is 1. The molecule has 0 radical (unpaired) electrons. The normalized spacial score (nSPS) is 11.1. The minimum absolute atomic E-state index is 0.171. The molecule has 2 aromatic carbocycles. The highest BCUT2D eigenvalue weighted by molar-refractivity contribution is 5.91. The van der Waals surface area contributed by atoms with Crippen molar-refractivity contribution < 1.29 is 9.53 Å². The van der Waals surface area contributed by atoms with Gasteiger partial charge in [0.2, 0.25) is 0 Å². The molecule has 0 spiro atoms. The van der Waals surface area contributed by atoms with Gasteiger partial charge in [-0.25, -0.2) is 4.98 Å². The Kier molecular flexibility index (Phi) is 4.40. The lowest BCUT2D eigenvalue weighted by Crippen LogP contribution is -2.01. The molecule has 4 heteroatoms. The molecule has 130 valence electrons. The Morgan fingerprint density at radius 3 is 2.73 bits per heavy atom. The second-order valence-corrected chi connectivity index (χ2v) is 6.34. The quantitative estimate of drug-likeness (QED) is 0.525. The predicted octanol–water partition coefficient (Wildman–Crippen LogP) is 4.88. The Hall–Kier alpha value is -3.14. The van der Waals surface area contributed by atoms with E-state index < -0.39 is 0 Å². The summed E-state index contributed by atoms with van der Waals surface area (Å²) in [5.41, 5.74) is 5.22. The SMILES string of the molecule is COC(=O)CCCc1c(-c2ccc3ccccc3n2)[nH]c2ccccc12. The number of pyridine rings is 1. The van der Waals surface area contributed by atoms with Crippen LogP contribution in [0.2, 0.25) is 0 Å². The van der Waals surface area contributed by atoms with Gasteiger partial charge in [0.25, 0.3) is 0 Å². The number of esters is 1. The van der Waals surface area contributed by atoms with Gasteiger partial charge in [-0.2, -0.15) is 0 Å². The summed E-state index contributed by atoms with van der Waals surface area (Å²) in [6.07, 6.45) is 1.96. The third-order valence-electron chi connectivity index (χ3n) is 4.70. The molecule has 0 aliphatic rings. The number of nitrogens with zero attached hydrogens (tertiary/aromatic N) is 1. The summed E-state index contributed by atoms with van der Waals surface area (Å²) >= 11 is 0. The van der Waals surface area contributed by atoms with Gasteiger partial charge in [-0.15, -0.1) is 0 Å². The summed E-state index contributed by atoms with van der Waals surface area (Å²) in [7, 11) is 1.43. The highest BCUT2D eigenvalue weighted by Crippen LogP contribution is 2.31. The zero-order chi connectivity index (χ0) is 17.9. The Morgan fingerprint density at radius 2 is 1.85 bits per heavy atom. The van der Waals surface area contributed by atoms with Crippen LogP contribution in [-0.4, -0.2) is 23.0 Å². The summed E-state index contributed by atoms with van der Waals surface area (Å²) in [6, 6.07) is 20.5. The van der Waals surface area contributed by atoms with Crippen LogP contribution in [0.25, 0.3) is 33.2 Å². The molecule has 4 nitrogen and oxygen atoms in total. The summed E-state index contributed by atoms with van der Waals surface area (Å²) in [5, 5.41) is 2.31. The van der Waals surface area contributed by atoms with Crippen LogP contribution < -0.4 is 0 Å². The number of hydrogen-bond acceptors (Lipinski definition) is 3. The second kappa shape index (κ2) is 7.00. The topological polar surface area (TPSA) is 55.0 Å². The molecule has 2 heterocycles. The maximum atomic E-state index is 11.5. The lowest BCUT2D eigenvalue weighted by atomic mass is 10.0. The van der Waals surface area contributed by atoms with Crippen molar-refractivity contribution in [3.8, 4) is 11.4 Å². The third-order valence-corrected chi connectivity index (χ3v) is 4.70. The number of methoxy groups -OCH3 is 1. The van der Waals surface area contributed by atoms with E-state index in [1.54, 1.807) is 0 Å². The Morgan fingerprint density at radius 1 is 1.04 bits per heavy atom. The molecule has 4 aromatic rings. The van der Waals surface area contributed by atoms with Crippen LogP contribution in [0.1, 0.15) is 18.4 Å². The molecule has 0 aliphatic heterocycles. The van der Waals surface area contributed by atoms with E-state index in [0.717, 1.165) is 40.6 Å². The van der Waals surface area contributed by atoms with Gasteiger partial charge in [0, 0.05) is 22.7 Å². The van der Waals surface area contributed by atoms with E-state index in [2.05, 4.69) is 35.3 Å². The summed E-state index contributed by atoms with van der Waals surface area (Å²) < 4.78 is 4.76. The monoisotopic (exact) mass is 344 g/mol. The summed E-state index contributed by atoms with van der Waals surface area (Å²) in [5.74, 6) is -0.171. The largest absolute Gasteiger partial charge is 0.469 e. The first-order valence-electron chi connectivity index (χ1n) is 8.79. The van der Waals surface area contributed by atoms with Gasteiger partial charge in [0.1, 0.15) is 0 Å². The number of nitrogens with one attached hydrogen (secondary N) is 1. The van der Waals surface area contributed by atoms with E-state index in [4.69, 9.17) is 9.72 Å². The van der Waals surface area contributed by atoms with Crippen molar-refractivity contribution in [1.29, 1.82) is 0 Å². The molecule has 0 amide bonds. The Balaban J connectivity index is 1.77. The molecule has 0 fully saturated rings. The van der Waals surface area contributed by atoms with E-state index in [0.29, 0.717) is 6.42 Å². The van der Waals surface area contributed by atoms with Crippen molar-refractivity contribution in [3.05, 3.63) is 66.2 Å². The lowest BCUT2D eigenvalue weighted by molar-refractivity contribution is -0.140. The maximum absolute atomic E-state index is 11.5. The number of H-pyrrole nitrogens is 1. The average molecular weight is 344 g/mol. The number of carbonyl (C=O) groups excluding carboxylic acids is 1. The molecule has 4 rings (SSSR count). The fraction of sp³-hybridized carbons (Fsp3) is 0.182. The maximum Gasteiger partial charge on any atom is 0.305 e. The number of para-hydroxylation sites is 2. The van der Waals surface area contributed by atoms with Crippen LogP contribution in [0.15, 0.2) is 60.7 Å². The van der Waals surface area contributed by atoms with Gasteiger partial charge in [-0.05, 0) is 36.6 Å². The van der Waals surface area contributed by atoms with Crippen molar-refractivity contribution in [2.75, 3.05) is 7.11 Å². The molecule has 0 saturated heterocycles. The van der Waals surface area contributed by atoms with Gasteiger partial charge in [0.15, 0.2) is 0 Å². The highest BCUT2D eigenvalue weighted by Gasteiger charge is 2.15. The van der Waals surface area contributed by atoms with Gasteiger partial charge < -0.3 is 9.72 Å². The Labute approximate surface area is 151 Å². The number of carbonyl (C=O) groups is 1. The zero-order valence-electron chi connectivity index (χ0n) is 14.7. The Bertz CT molecular complexity index is 1080.